The summed E-state index contributed by atoms with van der Waals surface area (Å²) in [5.41, 5.74) is 0.358. The lowest BCUT2D eigenvalue weighted by atomic mass is 10.3. The van der Waals surface area contributed by atoms with Crippen molar-refractivity contribution >= 4 is 17.9 Å². The smallest absolute Gasteiger partial charge is 0.409 e. The molecule has 0 saturated carbocycles. The molecular formula is C15H23N5O3. The molecule has 8 nitrogen and oxygen atoms in total. The minimum absolute atomic E-state index is 0.194. The Labute approximate surface area is 135 Å². The molecule has 1 aromatic rings. The predicted molar refractivity (Wildman–Crippen MR) is 85.5 cm³/mol. The van der Waals surface area contributed by atoms with Crippen LogP contribution in [0.4, 0.5) is 10.7 Å². The quantitative estimate of drug-likeness (QED) is 0.867. The molecule has 1 aromatic heterocycles. The van der Waals surface area contributed by atoms with E-state index in [1.165, 1.54) is 0 Å². The Balaban J connectivity index is 1.95. The Bertz CT molecular complexity index is 544. The summed E-state index contributed by atoms with van der Waals surface area (Å²) in [6.45, 7) is 7.10. The van der Waals surface area contributed by atoms with Crippen molar-refractivity contribution in [2.24, 2.45) is 0 Å². The van der Waals surface area contributed by atoms with Crippen molar-refractivity contribution in [1.82, 2.24) is 20.2 Å². The van der Waals surface area contributed by atoms with E-state index in [4.69, 9.17) is 4.74 Å². The number of hydrogen-bond donors (Lipinski definition) is 1. The van der Waals surface area contributed by atoms with Crippen LogP contribution in [0.3, 0.4) is 0 Å². The Hall–Kier alpha value is -2.38. The molecule has 126 valence electrons. The van der Waals surface area contributed by atoms with Gasteiger partial charge in [0.25, 0.3) is 5.91 Å². The van der Waals surface area contributed by atoms with Crippen molar-refractivity contribution in [3.05, 3.63) is 18.0 Å². The predicted octanol–water partition coefficient (Wildman–Crippen LogP) is 0.895. The highest BCUT2D eigenvalue weighted by atomic mass is 16.6. The zero-order valence-electron chi connectivity index (χ0n) is 13.6. The summed E-state index contributed by atoms with van der Waals surface area (Å²) < 4.78 is 4.99. The maximum atomic E-state index is 12.0. The minimum Gasteiger partial charge on any atom is -0.450 e. The molecule has 0 aliphatic carbocycles. The van der Waals surface area contributed by atoms with Crippen LogP contribution >= 0.6 is 0 Å². The largest absolute Gasteiger partial charge is 0.450 e. The Kier molecular flexibility index (Phi) is 6.13. The van der Waals surface area contributed by atoms with Crippen LogP contribution in [0.1, 0.15) is 30.8 Å². The summed E-state index contributed by atoms with van der Waals surface area (Å²) >= 11 is 0. The van der Waals surface area contributed by atoms with Crippen LogP contribution < -0.4 is 10.2 Å². The highest BCUT2D eigenvalue weighted by molar-refractivity contribution is 5.92. The third kappa shape index (κ3) is 4.54. The summed E-state index contributed by atoms with van der Waals surface area (Å²) in [6.07, 6.45) is 2.17. The number of nitrogens with zero attached hydrogens (tertiary/aromatic N) is 4. The summed E-state index contributed by atoms with van der Waals surface area (Å²) in [5, 5.41) is 2.80. The number of anilines is 1. The first-order valence-electron chi connectivity index (χ1n) is 7.93. The lowest BCUT2D eigenvalue weighted by Crippen LogP contribution is -2.49. The minimum atomic E-state index is -0.291. The van der Waals surface area contributed by atoms with E-state index in [0.29, 0.717) is 51.0 Å². The maximum Gasteiger partial charge on any atom is 0.409 e. The average Bonchev–Trinajstić information content (AvgIpc) is 2.60. The van der Waals surface area contributed by atoms with Gasteiger partial charge in [0, 0.05) is 38.9 Å². The molecule has 0 unspecified atom stereocenters. The van der Waals surface area contributed by atoms with Crippen LogP contribution in [0, 0.1) is 0 Å². The Morgan fingerprint density at radius 2 is 2.00 bits per heavy atom. The zero-order valence-corrected chi connectivity index (χ0v) is 13.6. The molecule has 0 radical (unpaired) electrons. The monoisotopic (exact) mass is 321 g/mol. The van der Waals surface area contributed by atoms with E-state index >= 15 is 0 Å². The van der Waals surface area contributed by atoms with Crippen LogP contribution in [-0.4, -0.2) is 66.2 Å². The van der Waals surface area contributed by atoms with Gasteiger partial charge in [-0.15, -0.1) is 0 Å². The molecule has 2 amide bonds. The molecule has 23 heavy (non-hydrogen) atoms. The highest BCUT2D eigenvalue weighted by Crippen LogP contribution is 2.12. The Morgan fingerprint density at radius 3 is 2.65 bits per heavy atom. The van der Waals surface area contributed by atoms with Gasteiger partial charge in [-0.25, -0.2) is 14.8 Å². The van der Waals surface area contributed by atoms with Crippen LogP contribution in [0.25, 0.3) is 0 Å². The molecule has 1 N–H and O–H groups in total. The third-order valence-electron chi connectivity index (χ3n) is 3.50. The van der Waals surface area contributed by atoms with Gasteiger partial charge in [0.05, 0.1) is 6.61 Å². The van der Waals surface area contributed by atoms with E-state index in [1.54, 1.807) is 24.1 Å². The number of carbonyl (C=O) groups is 2. The summed E-state index contributed by atoms with van der Waals surface area (Å²) in [7, 11) is 0. The molecule has 0 spiro atoms. The molecule has 1 fully saturated rings. The third-order valence-corrected chi connectivity index (χ3v) is 3.50. The van der Waals surface area contributed by atoms with Gasteiger partial charge in [0.2, 0.25) is 5.95 Å². The molecule has 0 bridgehead atoms. The summed E-state index contributed by atoms with van der Waals surface area (Å²) in [6, 6.07) is 1.60. The van der Waals surface area contributed by atoms with Gasteiger partial charge >= 0.3 is 6.09 Å². The van der Waals surface area contributed by atoms with Crippen molar-refractivity contribution in [2.75, 3.05) is 44.2 Å². The summed E-state index contributed by atoms with van der Waals surface area (Å²) in [4.78, 5) is 35.8. The van der Waals surface area contributed by atoms with E-state index < -0.39 is 0 Å². The topological polar surface area (TPSA) is 87.7 Å². The van der Waals surface area contributed by atoms with E-state index in [1.807, 2.05) is 11.8 Å². The second-order valence-corrected chi connectivity index (χ2v) is 5.17. The summed E-state index contributed by atoms with van der Waals surface area (Å²) in [5.74, 6) is 0.318. The lowest BCUT2D eigenvalue weighted by Gasteiger charge is -2.34. The normalized spacial score (nSPS) is 14.5. The van der Waals surface area contributed by atoms with Gasteiger partial charge in [-0.2, -0.15) is 0 Å². The van der Waals surface area contributed by atoms with Gasteiger partial charge in [-0.3, -0.25) is 4.79 Å². The van der Waals surface area contributed by atoms with Crippen LogP contribution in [0.5, 0.6) is 0 Å². The maximum absolute atomic E-state index is 12.0. The van der Waals surface area contributed by atoms with Gasteiger partial charge < -0.3 is 19.9 Å². The van der Waals surface area contributed by atoms with Gasteiger partial charge in [0.1, 0.15) is 5.69 Å². The first-order chi connectivity index (χ1) is 11.2. The highest BCUT2D eigenvalue weighted by Gasteiger charge is 2.23. The fourth-order valence-electron chi connectivity index (χ4n) is 2.26. The van der Waals surface area contributed by atoms with Gasteiger partial charge in [-0.05, 0) is 19.4 Å². The lowest BCUT2D eigenvalue weighted by molar-refractivity contribution is 0.0948. The molecule has 0 atom stereocenters. The van der Waals surface area contributed by atoms with Crippen LogP contribution in [0.2, 0.25) is 0 Å². The van der Waals surface area contributed by atoms with Crippen molar-refractivity contribution in [2.45, 2.75) is 20.3 Å². The molecule has 8 heteroatoms. The van der Waals surface area contributed by atoms with Crippen molar-refractivity contribution in [1.29, 1.82) is 0 Å². The number of nitrogens with one attached hydrogen (secondary N) is 1. The number of aromatic nitrogens is 2. The first kappa shape index (κ1) is 17.0. The van der Waals surface area contributed by atoms with E-state index in [2.05, 4.69) is 15.3 Å². The number of amides is 2. The SMILES string of the molecule is CCCNC(=O)c1ccnc(N2CCN(C(=O)OCC)CC2)n1. The first-order valence-corrected chi connectivity index (χ1v) is 7.93. The molecule has 2 rings (SSSR count). The molecule has 1 aliphatic heterocycles. The molecular weight excluding hydrogens is 298 g/mol. The fraction of sp³-hybridized carbons (Fsp3) is 0.600. The van der Waals surface area contributed by atoms with Crippen molar-refractivity contribution < 1.29 is 14.3 Å². The number of carbonyl (C=O) groups excluding carboxylic acids is 2. The van der Waals surface area contributed by atoms with Gasteiger partial charge in [-0.1, -0.05) is 6.92 Å². The number of ether oxygens (including phenoxy) is 1. The van der Waals surface area contributed by atoms with E-state index in [9.17, 15) is 9.59 Å². The standard InChI is InChI=1S/C15H23N5O3/c1-3-6-16-13(21)12-5-7-17-14(18-12)19-8-10-20(11-9-19)15(22)23-4-2/h5,7H,3-4,6,8-11H2,1-2H3,(H,16,21). The van der Waals surface area contributed by atoms with Crippen molar-refractivity contribution in [3.8, 4) is 0 Å². The molecule has 2 heterocycles. The van der Waals surface area contributed by atoms with Crippen LogP contribution in [0.15, 0.2) is 12.3 Å². The number of piperazine rings is 1. The second-order valence-electron chi connectivity index (χ2n) is 5.17. The average molecular weight is 321 g/mol. The van der Waals surface area contributed by atoms with Crippen LogP contribution in [-0.2, 0) is 4.74 Å². The molecule has 1 saturated heterocycles. The zero-order chi connectivity index (χ0) is 16.7. The van der Waals surface area contributed by atoms with E-state index in [-0.39, 0.29) is 12.0 Å². The van der Waals surface area contributed by atoms with Crippen molar-refractivity contribution in [3.63, 3.8) is 0 Å². The Morgan fingerprint density at radius 1 is 1.26 bits per heavy atom. The van der Waals surface area contributed by atoms with E-state index in [0.717, 1.165) is 6.42 Å². The second kappa shape index (κ2) is 8.30. The number of rotatable bonds is 5. The van der Waals surface area contributed by atoms with Gasteiger partial charge in [0.15, 0.2) is 0 Å². The molecule has 0 aromatic carbocycles. The molecule has 1 aliphatic rings. The number of hydrogen-bond acceptors (Lipinski definition) is 6. The fourth-order valence-corrected chi connectivity index (χ4v) is 2.26.